The normalized spacial score (nSPS) is 18.9. The molecule has 2 aromatic rings. The third-order valence-corrected chi connectivity index (χ3v) is 3.88. The van der Waals surface area contributed by atoms with E-state index in [2.05, 4.69) is 10.3 Å². The summed E-state index contributed by atoms with van der Waals surface area (Å²) in [7, 11) is 1.96. The Labute approximate surface area is 118 Å². The van der Waals surface area contributed by atoms with Crippen molar-refractivity contribution in [2.45, 2.75) is 12.8 Å². The number of rotatable bonds is 4. The minimum atomic E-state index is 0.187. The Morgan fingerprint density at radius 3 is 3.20 bits per heavy atom. The van der Waals surface area contributed by atoms with Gasteiger partial charge in [-0.05, 0) is 38.1 Å². The van der Waals surface area contributed by atoms with Crippen LogP contribution in [-0.2, 0) is 11.2 Å². The first kappa shape index (κ1) is 13.1. The number of aromatic nitrogens is 2. The predicted molar refractivity (Wildman–Crippen MR) is 77.5 cm³/mol. The number of imidazole rings is 1. The highest BCUT2D eigenvalue weighted by molar-refractivity contribution is 5.78. The highest BCUT2D eigenvalue weighted by Gasteiger charge is 2.25. The van der Waals surface area contributed by atoms with E-state index in [9.17, 15) is 4.79 Å². The summed E-state index contributed by atoms with van der Waals surface area (Å²) in [6.45, 7) is 2.73. The number of hydrogen-bond donors (Lipinski definition) is 1. The standard InChI is InChI=1S/C15H20N4O/c1-16-9-12-5-7-19(10-12)15(20)8-13-11-18-6-3-2-4-14(18)17-13/h2-4,6,11-12,16H,5,7-10H2,1H3. The van der Waals surface area contributed by atoms with Gasteiger partial charge in [0.15, 0.2) is 0 Å². The van der Waals surface area contributed by atoms with E-state index in [-0.39, 0.29) is 5.91 Å². The highest BCUT2D eigenvalue weighted by atomic mass is 16.2. The molecular weight excluding hydrogens is 252 g/mol. The summed E-state index contributed by atoms with van der Waals surface area (Å²) < 4.78 is 1.95. The van der Waals surface area contributed by atoms with Gasteiger partial charge in [-0.15, -0.1) is 0 Å². The molecule has 1 fully saturated rings. The maximum atomic E-state index is 12.3. The summed E-state index contributed by atoms with van der Waals surface area (Å²) in [5.74, 6) is 0.775. The Morgan fingerprint density at radius 1 is 1.50 bits per heavy atom. The van der Waals surface area contributed by atoms with E-state index in [1.165, 1.54) is 0 Å². The van der Waals surface area contributed by atoms with Crippen LogP contribution in [-0.4, -0.2) is 46.9 Å². The zero-order valence-corrected chi connectivity index (χ0v) is 11.7. The largest absolute Gasteiger partial charge is 0.342 e. The molecule has 20 heavy (non-hydrogen) atoms. The molecular formula is C15H20N4O. The number of carbonyl (C=O) groups excluding carboxylic acids is 1. The van der Waals surface area contributed by atoms with Gasteiger partial charge in [-0.3, -0.25) is 4.79 Å². The minimum Gasteiger partial charge on any atom is -0.342 e. The van der Waals surface area contributed by atoms with Gasteiger partial charge in [-0.1, -0.05) is 6.07 Å². The zero-order chi connectivity index (χ0) is 13.9. The molecule has 1 unspecified atom stereocenters. The van der Waals surface area contributed by atoms with Gasteiger partial charge in [-0.25, -0.2) is 4.98 Å². The fourth-order valence-electron chi connectivity index (χ4n) is 2.85. The lowest BCUT2D eigenvalue weighted by Crippen LogP contribution is -2.31. The van der Waals surface area contributed by atoms with Gasteiger partial charge < -0.3 is 14.6 Å². The smallest absolute Gasteiger partial charge is 0.228 e. The molecule has 2 aromatic heterocycles. The topological polar surface area (TPSA) is 49.6 Å². The molecule has 5 heteroatoms. The SMILES string of the molecule is CNCC1CCN(C(=O)Cc2cn3ccccc3n2)C1. The van der Waals surface area contributed by atoms with E-state index >= 15 is 0 Å². The Morgan fingerprint density at radius 2 is 2.40 bits per heavy atom. The molecule has 1 N–H and O–H groups in total. The van der Waals surface area contributed by atoms with Crippen molar-refractivity contribution < 1.29 is 4.79 Å². The number of pyridine rings is 1. The van der Waals surface area contributed by atoms with Crippen LogP contribution in [0.3, 0.4) is 0 Å². The van der Waals surface area contributed by atoms with Gasteiger partial charge in [0.2, 0.25) is 5.91 Å². The maximum Gasteiger partial charge on any atom is 0.228 e. The van der Waals surface area contributed by atoms with Crippen molar-refractivity contribution in [3.8, 4) is 0 Å². The highest BCUT2D eigenvalue weighted by Crippen LogP contribution is 2.16. The second kappa shape index (κ2) is 5.63. The van der Waals surface area contributed by atoms with Crippen LogP contribution in [0.5, 0.6) is 0 Å². The van der Waals surface area contributed by atoms with Gasteiger partial charge in [0.25, 0.3) is 0 Å². The van der Waals surface area contributed by atoms with Crippen molar-refractivity contribution in [1.29, 1.82) is 0 Å². The number of nitrogens with one attached hydrogen (secondary N) is 1. The van der Waals surface area contributed by atoms with Crippen molar-refractivity contribution in [3.63, 3.8) is 0 Å². The maximum absolute atomic E-state index is 12.3. The van der Waals surface area contributed by atoms with Crippen molar-refractivity contribution >= 4 is 11.6 Å². The number of fused-ring (bicyclic) bond motifs is 1. The molecule has 106 valence electrons. The second-order valence-corrected chi connectivity index (χ2v) is 5.43. The fourth-order valence-corrected chi connectivity index (χ4v) is 2.85. The first-order chi connectivity index (χ1) is 9.76. The number of amides is 1. The van der Waals surface area contributed by atoms with Crippen LogP contribution in [0.2, 0.25) is 0 Å². The van der Waals surface area contributed by atoms with E-state index in [4.69, 9.17) is 0 Å². The first-order valence-electron chi connectivity index (χ1n) is 7.11. The summed E-state index contributed by atoms with van der Waals surface area (Å²) in [6.07, 6.45) is 5.38. The molecule has 1 aliphatic rings. The van der Waals surface area contributed by atoms with Crippen molar-refractivity contribution in [3.05, 3.63) is 36.3 Å². The van der Waals surface area contributed by atoms with Gasteiger partial charge >= 0.3 is 0 Å². The Bertz CT molecular complexity index is 574. The zero-order valence-electron chi connectivity index (χ0n) is 11.7. The lowest BCUT2D eigenvalue weighted by molar-refractivity contribution is -0.129. The Hall–Kier alpha value is -1.88. The van der Waals surface area contributed by atoms with E-state index in [1.54, 1.807) is 0 Å². The van der Waals surface area contributed by atoms with Crippen LogP contribution in [0.15, 0.2) is 30.6 Å². The Balaban J connectivity index is 1.64. The second-order valence-electron chi connectivity index (χ2n) is 5.43. The van der Waals surface area contributed by atoms with E-state index in [0.29, 0.717) is 12.3 Å². The summed E-state index contributed by atoms with van der Waals surface area (Å²) in [5, 5.41) is 3.18. The molecule has 5 nitrogen and oxygen atoms in total. The van der Waals surface area contributed by atoms with Crippen molar-refractivity contribution in [1.82, 2.24) is 19.6 Å². The van der Waals surface area contributed by atoms with Gasteiger partial charge in [0.05, 0.1) is 12.1 Å². The molecule has 0 aromatic carbocycles. The summed E-state index contributed by atoms with van der Waals surface area (Å²) in [6, 6.07) is 5.87. The molecule has 3 heterocycles. The summed E-state index contributed by atoms with van der Waals surface area (Å²) >= 11 is 0. The van der Waals surface area contributed by atoms with Crippen LogP contribution in [0.25, 0.3) is 5.65 Å². The van der Waals surface area contributed by atoms with Crippen molar-refractivity contribution in [2.75, 3.05) is 26.7 Å². The molecule has 0 spiro atoms. The average Bonchev–Trinajstić information content (AvgIpc) is 3.04. The molecule has 1 saturated heterocycles. The molecule has 0 aliphatic carbocycles. The van der Waals surface area contributed by atoms with Gasteiger partial charge in [-0.2, -0.15) is 0 Å². The summed E-state index contributed by atoms with van der Waals surface area (Å²) in [5.41, 5.74) is 1.74. The number of likely N-dealkylation sites (tertiary alicyclic amines) is 1. The van der Waals surface area contributed by atoms with E-state index in [0.717, 1.165) is 37.4 Å². The van der Waals surface area contributed by atoms with Crippen LogP contribution in [0.1, 0.15) is 12.1 Å². The van der Waals surface area contributed by atoms with Crippen LogP contribution in [0, 0.1) is 5.92 Å². The number of hydrogen-bond acceptors (Lipinski definition) is 3. The summed E-state index contributed by atoms with van der Waals surface area (Å²) in [4.78, 5) is 18.7. The molecule has 1 aliphatic heterocycles. The first-order valence-corrected chi connectivity index (χ1v) is 7.11. The lowest BCUT2D eigenvalue weighted by atomic mass is 10.1. The minimum absolute atomic E-state index is 0.187. The van der Waals surface area contributed by atoms with E-state index in [1.807, 2.05) is 46.9 Å². The molecule has 0 bridgehead atoms. The van der Waals surface area contributed by atoms with Crippen molar-refractivity contribution in [2.24, 2.45) is 5.92 Å². The number of nitrogens with zero attached hydrogens (tertiary/aromatic N) is 3. The lowest BCUT2D eigenvalue weighted by Gasteiger charge is -2.15. The van der Waals surface area contributed by atoms with Gasteiger partial charge in [0, 0.05) is 25.5 Å². The predicted octanol–water partition coefficient (Wildman–Crippen LogP) is 0.945. The fraction of sp³-hybridized carbons (Fsp3) is 0.467. The molecule has 0 saturated carbocycles. The van der Waals surface area contributed by atoms with Crippen LogP contribution < -0.4 is 5.32 Å². The number of carbonyl (C=O) groups is 1. The van der Waals surface area contributed by atoms with E-state index < -0.39 is 0 Å². The monoisotopic (exact) mass is 272 g/mol. The molecule has 3 rings (SSSR count). The van der Waals surface area contributed by atoms with Crippen LogP contribution in [0.4, 0.5) is 0 Å². The quantitative estimate of drug-likeness (QED) is 0.901. The Kier molecular flexibility index (Phi) is 3.69. The third-order valence-electron chi connectivity index (χ3n) is 3.88. The molecule has 0 radical (unpaired) electrons. The third kappa shape index (κ3) is 2.67. The molecule has 1 atom stereocenters. The molecule has 1 amide bonds. The van der Waals surface area contributed by atoms with Crippen LogP contribution >= 0.6 is 0 Å². The van der Waals surface area contributed by atoms with Gasteiger partial charge in [0.1, 0.15) is 5.65 Å². The average molecular weight is 272 g/mol.